The Morgan fingerprint density at radius 2 is 1.80 bits per heavy atom. The molecule has 4 N–H and O–H groups in total. The summed E-state index contributed by atoms with van der Waals surface area (Å²) >= 11 is 0. The Balaban J connectivity index is 1.43. The van der Waals surface area contributed by atoms with Crippen LogP contribution in [0, 0.1) is 0 Å². The molecule has 1 aromatic heterocycles. The Morgan fingerprint density at radius 3 is 2.47 bits per heavy atom. The van der Waals surface area contributed by atoms with Crippen LogP contribution in [0.3, 0.4) is 0 Å². The predicted molar refractivity (Wildman–Crippen MR) is 118 cm³/mol. The molecule has 1 aliphatic rings. The summed E-state index contributed by atoms with van der Waals surface area (Å²) in [7, 11) is 1.60. The second-order valence-electron chi connectivity index (χ2n) is 7.05. The summed E-state index contributed by atoms with van der Waals surface area (Å²) < 4.78 is 5.29. The van der Waals surface area contributed by atoms with Gasteiger partial charge in [0.25, 0.3) is 5.91 Å². The number of pyridine rings is 1. The Kier molecular flexibility index (Phi) is 5.61. The zero-order valence-corrected chi connectivity index (χ0v) is 16.6. The molecule has 0 radical (unpaired) electrons. The van der Waals surface area contributed by atoms with Crippen molar-refractivity contribution < 1.29 is 9.53 Å². The molecule has 0 unspecified atom stereocenters. The maximum absolute atomic E-state index is 12.1. The number of methoxy groups -OCH3 is 1. The number of hydrogen-bond donors (Lipinski definition) is 3. The van der Waals surface area contributed by atoms with Crippen molar-refractivity contribution >= 4 is 23.4 Å². The lowest BCUT2D eigenvalue weighted by molar-refractivity contribution is 0.0951. The lowest BCUT2D eigenvalue weighted by Gasteiger charge is -2.10. The van der Waals surface area contributed by atoms with Crippen LogP contribution >= 0.6 is 0 Å². The molecule has 0 atom stereocenters. The van der Waals surface area contributed by atoms with Gasteiger partial charge in [-0.2, -0.15) is 4.99 Å². The fraction of sp³-hybridized carbons (Fsp3) is 0.174. The van der Waals surface area contributed by atoms with Gasteiger partial charge in [0.05, 0.1) is 12.8 Å². The summed E-state index contributed by atoms with van der Waals surface area (Å²) in [5.41, 5.74) is 9.29. The van der Waals surface area contributed by atoms with Gasteiger partial charge in [-0.05, 0) is 54.8 Å². The highest BCUT2D eigenvalue weighted by Gasteiger charge is 2.23. The van der Waals surface area contributed by atoms with Gasteiger partial charge in [-0.15, -0.1) is 0 Å². The number of nitrogens with two attached hydrogens (primary N) is 1. The van der Waals surface area contributed by atoms with Crippen LogP contribution in [0.1, 0.15) is 23.2 Å². The van der Waals surface area contributed by atoms with E-state index in [2.05, 4.69) is 20.6 Å². The number of aliphatic imine (C=N–C) groups is 1. The predicted octanol–water partition coefficient (Wildman–Crippen LogP) is 3.71. The van der Waals surface area contributed by atoms with E-state index < -0.39 is 0 Å². The van der Waals surface area contributed by atoms with Crippen LogP contribution in [0.5, 0.6) is 5.75 Å². The van der Waals surface area contributed by atoms with Gasteiger partial charge >= 0.3 is 0 Å². The molecular weight excluding hydrogens is 378 g/mol. The van der Waals surface area contributed by atoms with Crippen molar-refractivity contribution in [3.05, 3.63) is 72.4 Å². The number of nitrogens with one attached hydrogen (secondary N) is 2. The zero-order chi connectivity index (χ0) is 20.9. The van der Waals surface area contributed by atoms with E-state index in [1.807, 2.05) is 54.6 Å². The number of guanidine groups is 1. The van der Waals surface area contributed by atoms with Crippen molar-refractivity contribution in [1.82, 2.24) is 10.3 Å². The van der Waals surface area contributed by atoms with Crippen molar-refractivity contribution in [3.63, 3.8) is 0 Å². The van der Waals surface area contributed by atoms with Gasteiger partial charge < -0.3 is 21.1 Å². The number of para-hydroxylation sites is 2. The van der Waals surface area contributed by atoms with Crippen LogP contribution in [0.15, 0.2) is 71.9 Å². The topological polar surface area (TPSA) is 102 Å². The molecule has 7 heteroatoms. The quantitative estimate of drug-likeness (QED) is 0.432. The van der Waals surface area contributed by atoms with Crippen molar-refractivity contribution in [2.45, 2.75) is 18.9 Å². The van der Waals surface area contributed by atoms with E-state index in [1.165, 1.54) is 0 Å². The van der Waals surface area contributed by atoms with Gasteiger partial charge in [-0.3, -0.25) is 4.79 Å². The fourth-order valence-corrected chi connectivity index (χ4v) is 2.97. The normalized spacial score (nSPS) is 13.6. The second-order valence-corrected chi connectivity index (χ2v) is 7.05. The average molecular weight is 401 g/mol. The number of amides is 1. The van der Waals surface area contributed by atoms with Crippen LogP contribution in [0.4, 0.5) is 11.5 Å². The number of carbonyl (C=O) groups excluding carboxylic acids is 1. The van der Waals surface area contributed by atoms with E-state index in [0.717, 1.165) is 29.7 Å². The van der Waals surface area contributed by atoms with E-state index in [4.69, 9.17) is 10.5 Å². The first-order chi connectivity index (χ1) is 14.6. The van der Waals surface area contributed by atoms with Crippen molar-refractivity contribution in [1.29, 1.82) is 0 Å². The van der Waals surface area contributed by atoms with Crippen LogP contribution in [0.2, 0.25) is 0 Å². The van der Waals surface area contributed by atoms with Crippen molar-refractivity contribution in [2.24, 2.45) is 10.7 Å². The molecular formula is C23H23N5O2. The summed E-state index contributed by atoms with van der Waals surface area (Å²) in [6.45, 7) is 0. The van der Waals surface area contributed by atoms with Gasteiger partial charge in [0, 0.05) is 23.4 Å². The molecule has 3 aromatic rings. The molecule has 0 saturated heterocycles. The fourth-order valence-electron chi connectivity index (χ4n) is 2.97. The SMILES string of the molecule is COc1ccccc1NC(N)=Nc1ccc(-c2ccc(C(=O)NC3CC3)cc2)cn1. The smallest absolute Gasteiger partial charge is 0.251 e. The van der Waals surface area contributed by atoms with E-state index in [1.54, 1.807) is 19.4 Å². The molecule has 152 valence electrons. The lowest BCUT2D eigenvalue weighted by atomic mass is 10.1. The van der Waals surface area contributed by atoms with Crippen LogP contribution in [-0.2, 0) is 0 Å². The highest BCUT2D eigenvalue weighted by Crippen LogP contribution is 2.24. The van der Waals surface area contributed by atoms with Gasteiger partial charge in [0.2, 0.25) is 0 Å². The number of carbonyl (C=O) groups is 1. The van der Waals surface area contributed by atoms with Gasteiger partial charge in [-0.1, -0.05) is 24.3 Å². The molecule has 1 fully saturated rings. The number of rotatable bonds is 6. The van der Waals surface area contributed by atoms with Gasteiger partial charge in [-0.25, -0.2) is 4.98 Å². The minimum Gasteiger partial charge on any atom is -0.495 e. The summed E-state index contributed by atoms with van der Waals surface area (Å²) in [6.07, 6.45) is 3.88. The highest BCUT2D eigenvalue weighted by atomic mass is 16.5. The van der Waals surface area contributed by atoms with Crippen LogP contribution in [0.25, 0.3) is 11.1 Å². The molecule has 2 aromatic carbocycles. The molecule has 0 spiro atoms. The van der Waals surface area contributed by atoms with Gasteiger partial charge in [0.15, 0.2) is 11.8 Å². The number of ether oxygens (including phenoxy) is 1. The molecule has 7 nitrogen and oxygen atoms in total. The Labute approximate surface area is 175 Å². The zero-order valence-electron chi connectivity index (χ0n) is 16.6. The first-order valence-electron chi connectivity index (χ1n) is 9.74. The van der Waals surface area contributed by atoms with E-state index in [-0.39, 0.29) is 11.9 Å². The third-order valence-corrected chi connectivity index (χ3v) is 4.75. The molecule has 30 heavy (non-hydrogen) atoms. The Bertz CT molecular complexity index is 1060. The van der Waals surface area contributed by atoms with Crippen LogP contribution < -0.4 is 21.1 Å². The van der Waals surface area contributed by atoms with Gasteiger partial charge in [0.1, 0.15) is 5.75 Å². The van der Waals surface area contributed by atoms with E-state index >= 15 is 0 Å². The number of aromatic nitrogens is 1. The van der Waals surface area contributed by atoms with Crippen LogP contribution in [-0.4, -0.2) is 30.0 Å². The molecule has 4 rings (SSSR count). The summed E-state index contributed by atoms with van der Waals surface area (Å²) in [4.78, 5) is 20.8. The third kappa shape index (κ3) is 4.75. The summed E-state index contributed by atoms with van der Waals surface area (Å²) in [5.74, 6) is 1.35. The van der Waals surface area contributed by atoms with E-state index in [9.17, 15) is 4.79 Å². The summed E-state index contributed by atoms with van der Waals surface area (Å²) in [6, 6.07) is 19.0. The number of hydrogen-bond acceptors (Lipinski definition) is 4. The highest BCUT2D eigenvalue weighted by molar-refractivity contribution is 5.95. The number of nitrogens with zero attached hydrogens (tertiary/aromatic N) is 2. The molecule has 0 aliphatic heterocycles. The Morgan fingerprint density at radius 1 is 1.07 bits per heavy atom. The van der Waals surface area contributed by atoms with Crippen molar-refractivity contribution in [3.8, 4) is 16.9 Å². The number of anilines is 1. The molecule has 1 saturated carbocycles. The minimum atomic E-state index is -0.0233. The second kappa shape index (κ2) is 8.65. The standard InChI is InChI=1S/C23H23N5O2/c1-30-20-5-3-2-4-19(20)27-23(24)28-21-13-10-17(14-25-21)15-6-8-16(9-7-15)22(29)26-18-11-12-18/h2-10,13-14,18H,11-12H2,1H3,(H,26,29)(H3,24,25,27,28). The van der Waals surface area contributed by atoms with Crippen molar-refractivity contribution in [2.75, 3.05) is 12.4 Å². The maximum atomic E-state index is 12.1. The molecule has 1 aliphatic carbocycles. The largest absolute Gasteiger partial charge is 0.495 e. The minimum absolute atomic E-state index is 0.0233. The maximum Gasteiger partial charge on any atom is 0.251 e. The van der Waals surface area contributed by atoms with E-state index in [0.29, 0.717) is 23.2 Å². The number of benzene rings is 2. The summed E-state index contributed by atoms with van der Waals surface area (Å²) in [5, 5.41) is 6.00. The molecule has 1 heterocycles. The molecule has 0 bridgehead atoms. The third-order valence-electron chi connectivity index (χ3n) is 4.75. The lowest BCUT2D eigenvalue weighted by Crippen LogP contribution is -2.25. The average Bonchev–Trinajstić information content (AvgIpc) is 3.59. The first kappa shape index (κ1) is 19.4. The Hall–Kier alpha value is -3.87. The molecule has 1 amide bonds. The first-order valence-corrected chi connectivity index (χ1v) is 9.74. The monoisotopic (exact) mass is 401 g/mol.